The van der Waals surface area contributed by atoms with Crippen molar-refractivity contribution in [1.82, 2.24) is 9.97 Å². The van der Waals surface area contributed by atoms with Crippen molar-refractivity contribution in [1.29, 1.82) is 0 Å². The van der Waals surface area contributed by atoms with Crippen molar-refractivity contribution >= 4 is 17.5 Å². The lowest BCUT2D eigenvalue weighted by Crippen LogP contribution is -2.30. The second-order valence-electron chi connectivity index (χ2n) is 5.51. The molecule has 1 saturated heterocycles. The van der Waals surface area contributed by atoms with Crippen LogP contribution in [0.4, 0.5) is 11.6 Å². The van der Waals surface area contributed by atoms with E-state index in [1.54, 1.807) is 43.8 Å². The molecular formula is C17H20N4O2. The van der Waals surface area contributed by atoms with Crippen molar-refractivity contribution in [2.75, 3.05) is 30.4 Å². The third kappa shape index (κ3) is 3.77. The number of hydrogen-bond donors (Lipinski definition) is 1. The normalized spacial score (nSPS) is 14.4. The number of amides is 1. The number of rotatable bonds is 4. The van der Waals surface area contributed by atoms with Gasteiger partial charge in [-0.3, -0.25) is 4.79 Å². The summed E-state index contributed by atoms with van der Waals surface area (Å²) in [5, 5.41) is 2.80. The number of hydrogen-bond acceptors (Lipinski definition) is 5. The van der Waals surface area contributed by atoms with E-state index in [1.807, 2.05) is 0 Å². The van der Waals surface area contributed by atoms with Crippen LogP contribution in [0.15, 0.2) is 36.7 Å². The van der Waals surface area contributed by atoms with Gasteiger partial charge in [0.1, 0.15) is 5.75 Å². The molecule has 1 fully saturated rings. The van der Waals surface area contributed by atoms with Crippen LogP contribution in [0.2, 0.25) is 0 Å². The van der Waals surface area contributed by atoms with Crippen LogP contribution in [0.1, 0.15) is 29.6 Å². The number of carbonyl (C=O) groups excluding carboxylic acids is 1. The Balaban J connectivity index is 1.66. The quantitative estimate of drug-likeness (QED) is 0.940. The molecule has 6 nitrogen and oxygen atoms in total. The standard InChI is InChI=1S/C17H20N4O2/c1-23-15-7-5-6-13(10-15)16(22)20-14-11-18-17(19-12-14)21-8-3-2-4-9-21/h5-7,10-12H,2-4,8-9H2,1H3,(H,20,22). The molecule has 2 heterocycles. The zero-order valence-corrected chi connectivity index (χ0v) is 13.2. The molecular weight excluding hydrogens is 292 g/mol. The summed E-state index contributed by atoms with van der Waals surface area (Å²) in [6.07, 6.45) is 6.92. The van der Waals surface area contributed by atoms with Crippen molar-refractivity contribution in [3.8, 4) is 5.75 Å². The number of carbonyl (C=O) groups is 1. The van der Waals surface area contributed by atoms with Gasteiger partial charge in [-0.2, -0.15) is 0 Å². The first-order valence-corrected chi connectivity index (χ1v) is 7.78. The Morgan fingerprint density at radius 1 is 1.17 bits per heavy atom. The number of nitrogens with zero attached hydrogens (tertiary/aromatic N) is 3. The minimum Gasteiger partial charge on any atom is -0.497 e. The van der Waals surface area contributed by atoms with Crippen LogP contribution in [0.25, 0.3) is 0 Å². The monoisotopic (exact) mass is 312 g/mol. The largest absolute Gasteiger partial charge is 0.497 e. The van der Waals surface area contributed by atoms with Crippen molar-refractivity contribution < 1.29 is 9.53 Å². The lowest BCUT2D eigenvalue weighted by atomic mass is 10.1. The molecule has 0 unspecified atom stereocenters. The van der Waals surface area contributed by atoms with Gasteiger partial charge >= 0.3 is 0 Å². The van der Waals surface area contributed by atoms with E-state index < -0.39 is 0 Å². The third-order valence-corrected chi connectivity index (χ3v) is 3.87. The van der Waals surface area contributed by atoms with Gasteiger partial charge in [0.05, 0.1) is 25.2 Å². The minimum atomic E-state index is -0.210. The summed E-state index contributed by atoms with van der Waals surface area (Å²) >= 11 is 0. The highest BCUT2D eigenvalue weighted by Gasteiger charge is 2.13. The molecule has 1 aromatic carbocycles. The Morgan fingerprint density at radius 3 is 2.61 bits per heavy atom. The Kier molecular flexibility index (Phi) is 4.71. The fourth-order valence-corrected chi connectivity index (χ4v) is 2.61. The van der Waals surface area contributed by atoms with Gasteiger partial charge in [0, 0.05) is 18.7 Å². The van der Waals surface area contributed by atoms with Gasteiger partial charge in [0.15, 0.2) is 0 Å². The molecule has 0 radical (unpaired) electrons. The molecule has 1 aliphatic heterocycles. The van der Waals surface area contributed by atoms with Crippen LogP contribution >= 0.6 is 0 Å². The van der Waals surface area contributed by atoms with E-state index in [2.05, 4.69) is 20.2 Å². The van der Waals surface area contributed by atoms with E-state index >= 15 is 0 Å². The highest BCUT2D eigenvalue weighted by atomic mass is 16.5. The molecule has 2 aromatic rings. The first-order chi connectivity index (χ1) is 11.3. The van der Waals surface area contributed by atoms with Gasteiger partial charge in [0.25, 0.3) is 5.91 Å². The molecule has 0 bridgehead atoms. The molecule has 23 heavy (non-hydrogen) atoms. The Labute approximate surface area is 135 Å². The SMILES string of the molecule is COc1cccc(C(=O)Nc2cnc(N3CCCCC3)nc2)c1. The van der Waals surface area contributed by atoms with E-state index in [0.29, 0.717) is 17.0 Å². The van der Waals surface area contributed by atoms with Crippen LogP contribution in [0.5, 0.6) is 5.75 Å². The van der Waals surface area contributed by atoms with Crippen LogP contribution in [-0.4, -0.2) is 36.1 Å². The number of piperidine rings is 1. The molecule has 1 aliphatic rings. The van der Waals surface area contributed by atoms with Crippen molar-refractivity contribution in [2.45, 2.75) is 19.3 Å². The molecule has 0 saturated carbocycles. The summed E-state index contributed by atoms with van der Waals surface area (Å²) in [6, 6.07) is 7.01. The Bertz CT molecular complexity index is 667. The van der Waals surface area contributed by atoms with Crippen molar-refractivity contribution in [3.63, 3.8) is 0 Å². The zero-order valence-electron chi connectivity index (χ0n) is 13.2. The highest BCUT2D eigenvalue weighted by molar-refractivity contribution is 6.04. The van der Waals surface area contributed by atoms with E-state index in [0.717, 1.165) is 19.0 Å². The maximum atomic E-state index is 12.2. The molecule has 0 atom stereocenters. The number of methoxy groups -OCH3 is 1. The van der Waals surface area contributed by atoms with E-state index in [4.69, 9.17) is 4.74 Å². The number of anilines is 2. The fourth-order valence-electron chi connectivity index (χ4n) is 2.61. The predicted molar refractivity (Wildman–Crippen MR) is 89.0 cm³/mol. The van der Waals surface area contributed by atoms with E-state index in [1.165, 1.54) is 19.3 Å². The zero-order chi connectivity index (χ0) is 16.1. The van der Waals surface area contributed by atoms with Crippen LogP contribution in [0.3, 0.4) is 0 Å². The number of aromatic nitrogens is 2. The summed E-state index contributed by atoms with van der Waals surface area (Å²) < 4.78 is 5.13. The van der Waals surface area contributed by atoms with Crippen molar-refractivity contribution in [2.24, 2.45) is 0 Å². The molecule has 0 spiro atoms. The van der Waals surface area contributed by atoms with Gasteiger partial charge < -0.3 is 15.0 Å². The molecule has 1 amide bonds. The summed E-state index contributed by atoms with van der Waals surface area (Å²) in [4.78, 5) is 23.1. The lowest BCUT2D eigenvalue weighted by molar-refractivity contribution is 0.102. The molecule has 0 aliphatic carbocycles. The molecule has 1 aromatic heterocycles. The maximum Gasteiger partial charge on any atom is 0.255 e. The van der Waals surface area contributed by atoms with E-state index in [9.17, 15) is 4.79 Å². The third-order valence-electron chi connectivity index (χ3n) is 3.87. The first-order valence-electron chi connectivity index (χ1n) is 7.78. The number of ether oxygens (including phenoxy) is 1. The topological polar surface area (TPSA) is 67.3 Å². The smallest absolute Gasteiger partial charge is 0.255 e. The fraction of sp³-hybridized carbons (Fsp3) is 0.353. The molecule has 1 N–H and O–H groups in total. The maximum absolute atomic E-state index is 12.2. The second-order valence-corrected chi connectivity index (χ2v) is 5.51. The minimum absolute atomic E-state index is 0.210. The summed E-state index contributed by atoms with van der Waals surface area (Å²) in [7, 11) is 1.57. The molecule has 3 rings (SSSR count). The van der Waals surface area contributed by atoms with Gasteiger partial charge in [0.2, 0.25) is 5.95 Å². The van der Waals surface area contributed by atoms with Gasteiger partial charge in [-0.25, -0.2) is 9.97 Å². The average molecular weight is 312 g/mol. The lowest BCUT2D eigenvalue weighted by Gasteiger charge is -2.26. The second kappa shape index (κ2) is 7.09. The van der Waals surface area contributed by atoms with Gasteiger partial charge in [-0.1, -0.05) is 6.07 Å². The Hall–Kier alpha value is -2.63. The summed E-state index contributed by atoms with van der Waals surface area (Å²) in [5.41, 5.74) is 1.11. The Morgan fingerprint density at radius 2 is 1.91 bits per heavy atom. The van der Waals surface area contributed by atoms with E-state index in [-0.39, 0.29) is 5.91 Å². The van der Waals surface area contributed by atoms with Crippen molar-refractivity contribution in [3.05, 3.63) is 42.2 Å². The average Bonchev–Trinajstić information content (AvgIpc) is 2.63. The van der Waals surface area contributed by atoms with Gasteiger partial charge in [-0.05, 0) is 37.5 Å². The highest BCUT2D eigenvalue weighted by Crippen LogP contribution is 2.17. The number of benzene rings is 1. The molecule has 120 valence electrons. The van der Waals surface area contributed by atoms with Crippen LogP contribution in [-0.2, 0) is 0 Å². The van der Waals surface area contributed by atoms with Gasteiger partial charge in [-0.15, -0.1) is 0 Å². The summed E-state index contributed by atoms with van der Waals surface area (Å²) in [6.45, 7) is 1.99. The molecule has 6 heteroatoms. The number of nitrogens with one attached hydrogen (secondary N) is 1. The van der Waals surface area contributed by atoms with Crippen LogP contribution in [0, 0.1) is 0 Å². The predicted octanol–water partition coefficient (Wildman–Crippen LogP) is 2.73. The summed E-state index contributed by atoms with van der Waals surface area (Å²) in [5.74, 6) is 1.16. The first kappa shape index (κ1) is 15.3. The van der Waals surface area contributed by atoms with Crippen LogP contribution < -0.4 is 15.0 Å².